The third kappa shape index (κ3) is 2.36. The third-order valence-electron chi connectivity index (χ3n) is 3.92. The van der Waals surface area contributed by atoms with Gasteiger partial charge in [-0.3, -0.25) is 4.79 Å². The number of halogens is 1. The second kappa shape index (κ2) is 5.03. The summed E-state index contributed by atoms with van der Waals surface area (Å²) in [6.45, 7) is 2.74. The molecule has 1 aromatic rings. The molecule has 2 N–H and O–H groups in total. The summed E-state index contributed by atoms with van der Waals surface area (Å²) in [5.74, 6) is -1.77. The van der Waals surface area contributed by atoms with Crippen LogP contribution in [0.1, 0.15) is 23.2 Å². The highest BCUT2D eigenvalue weighted by atomic mass is 19.1. The van der Waals surface area contributed by atoms with E-state index >= 15 is 0 Å². The zero-order valence-corrected chi connectivity index (χ0v) is 11.1. The van der Waals surface area contributed by atoms with E-state index < -0.39 is 17.5 Å². The number of hydrogen-bond acceptors (Lipinski definition) is 4. The van der Waals surface area contributed by atoms with Crippen molar-refractivity contribution in [2.45, 2.75) is 18.6 Å². The van der Waals surface area contributed by atoms with Crippen LogP contribution in [-0.4, -0.2) is 38.0 Å². The Hall–Kier alpha value is -1.66. The molecule has 0 bridgehead atoms. The third-order valence-corrected chi connectivity index (χ3v) is 3.92. The molecule has 2 aliphatic rings. The normalized spacial score (nSPS) is 21.4. The first-order valence-corrected chi connectivity index (χ1v) is 6.72. The lowest BCUT2D eigenvalue weighted by atomic mass is 10.0. The van der Waals surface area contributed by atoms with Crippen LogP contribution in [0.3, 0.4) is 0 Å². The number of benzene rings is 1. The topological polar surface area (TPSA) is 64.8 Å². The van der Waals surface area contributed by atoms with Gasteiger partial charge in [0, 0.05) is 31.6 Å². The molecule has 0 radical (unpaired) electrons. The predicted molar refractivity (Wildman–Crippen MR) is 71.0 cm³/mol. The summed E-state index contributed by atoms with van der Waals surface area (Å²) in [5, 5.41) is 0. The second-order valence-corrected chi connectivity index (χ2v) is 5.12. The molecule has 1 aromatic carbocycles. The van der Waals surface area contributed by atoms with E-state index in [1.165, 1.54) is 12.1 Å². The maximum atomic E-state index is 13.8. The molecular formula is C14H17FN2O3. The van der Waals surface area contributed by atoms with Gasteiger partial charge in [-0.1, -0.05) is 0 Å². The number of ether oxygens (including phenoxy) is 2. The number of primary amides is 1. The lowest BCUT2D eigenvalue weighted by Gasteiger charge is -2.38. The van der Waals surface area contributed by atoms with E-state index in [9.17, 15) is 9.18 Å². The van der Waals surface area contributed by atoms with Gasteiger partial charge in [0.25, 0.3) is 5.91 Å². The minimum Gasteiger partial charge on any atom is -0.371 e. The number of carbonyl (C=O) groups is 1. The van der Waals surface area contributed by atoms with E-state index in [0.717, 1.165) is 31.6 Å². The molecule has 0 aromatic heterocycles. The molecule has 3 rings (SSSR count). The summed E-state index contributed by atoms with van der Waals surface area (Å²) in [6.07, 6.45) is 1.51. The molecular weight excluding hydrogens is 263 g/mol. The average Bonchev–Trinajstić information content (AvgIpc) is 2.87. The maximum Gasteiger partial charge on any atom is 0.251 e. The fraction of sp³-hybridized carbons (Fsp3) is 0.500. The largest absolute Gasteiger partial charge is 0.371 e. The van der Waals surface area contributed by atoms with Crippen molar-refractivity contribution >= 4 is 11.6 Å². The highest BCUT2D eigenvalue weighted by Crippen LogP contribution is 2.33. The van der Waals surface area contributed by atoms with Crippen LogP contribution in [0, 0.1) is 5.82 Å². The Morgan fingerprint density at radius 2 is 1.90 bits per heavy atom. The van der Waals surface area contributed by atoms with Gasteiger partial charge in [0.2, 0.25) is 0 Å². The van der Waals surface area contributed by atoms with Crippen LogP contribution in [-0.2, 0) is 9.47 Å². The van der Waals surface area contributed by atoms with Gasteiger partial charge in [-0.2, -0.15) is 0 Å². The number of nitrogens with zero attached hydrogens (tertiary/aromatic N) is 1. The SMILES string of the molecule is NC(=O)c1ccc(N2CCC3(CC2)OCCO3)cc1F. The number of amides is 1. The Bertz CT molecular complexity index is 519. The van der Waals surface area contributed by atoms with Crippen molar-refractivity contribution in [3.8, 4) is 0 Å². The fourth-order valence-electron chi connectivity index (χ4n) is 2.79. The molecule has 2 saturated heterocycles. The van der Waals surface area contributed by atoms with Crippen LogP contribution in [0.15, 0.2) is 18.2 Å². The number of carbonyl (C=O) groups excluding carboxylic acids is 1. The Morgan fingerprint density at radius 3 is 2.45 bits per heavy atom. The minimum atomic E-state index is -0.751. The van der Waals surface area contributed by atoms with Gasteiger partial charge >= 0.3 is 0 Å². The van der Waals surface area contributed by atoms with E-state index in [1.54, 1.807) is 6.07 Å². The zero-order valence-electron chi connectivity index (χ0n) is 11.1. The second-order valence-electron chi connectivity index (χ2n) is 5.12. The fourth-order valence-corrected chi connectivity index (χ4v) is 2.79. The summed E-state index contributed by atoms with van der Waals surface area (Å²) < 4.78 is 25.1. The maximum absolute atomic E-state index is 13.8. The molecule has 20 heavy (non-hydrogen) atoms. The standard InChI is InChI=1S/C14H17FN2O3/c15-12-9-10(1-2-11(12)13(16)18)17-5-3-14(4-6-17)19-7-8-20-14/h1-2,9H,3-8H2,(H2,16,18). The van der Waals surface area contributed by atoms with Gasteiger partial charge in [0.05, 0.1) is 18.8 Å². The highest BCUT2D eigenvalue weighted by molar-refractivity contribution is 5.93. The number of piperidine rings is 1. The highest BCUT2D eigenvalue weighted by Gasteiger charge is 2.39. The Kier molecular flexibility index (Phi) is 3.35. The zero-order chi connectivity index (χ0) is 14.2. The quantitative estimate of drug-likeness (QED) is 0.886. The molecule has 1 spiro atoms. The molecule has 1 amide bonds. The van der Waals surface area contributed by atoms with Crippen molar-refractivity contribution in [1.82, 2.24) is 0 Å². The molecule has 6 heteroatoms. The van der Waals surface area contributed by atoms with Crippen LogP contribution < -0.4 is 10.6 Å². The molecule has 0 atom stereocenters. The van der Waals surface area contributed by atoms with E-state index in [-0.39, 0.29) is 5.56 Å². The van der Waals surface area contributed by atoms with Crippen LogP contribution in [0.5, 0.6) is 0 Å². The van der Waals surface area contributed by atoms with Crippen LogP contribution >= 0.6 is 0 Å². The van der Waals surface area contributed by atoms with Crippen molar-refractivity contribution in [3.63, 3.8) is 0 Å². The lowest BCUT2D eigenvalue weighted by Crippen LogP contribution is -2.45. The molecule has 0 unspecified atom stereocenters. The van der Waals surface area contributed by atoms with E-state index in [2.05, 4.69) is 4.90 Å². The molecule has 2 fully saturated rings. The summed E-state index contributed by atoms with van der Waals surface area (Å²) in [7, 11) is 0. The minimum absolute atomic E-state index is 0.0790. The lowest BCUT2D eigenvalue weighted by molar-refractivity contribution is -0.169. The number of nitrogens with two attached hydrogens (primary N) is 1. The number of hydrogen-bond donors (Lipinski definition) is 1. The van der Waals surface area contributed by atoms with Crippen LogP contribution in [0.4, 0.5) is 10.1 Å². The Morgan fingerprint density at radius 1 is 1.25 bits per heavy atom. The number of anilines is 1. The summed E-state index contributed by atoms with van der Waals surface area (Å²) in [5.41, 5.74) is 5.77. The first kappa shape index (κ1) is 13.3. The van der Waals surface area contributed by atoms with Crippen molar-refractivity contribution in [1.29, 1.82) is 0 Å². The summed E-state index contributed by atoms with van der Waals surface area (Å²) in [6, 6.07) is 4.51. The molecule has 0 aliphatic carbocycles. The van der Waals surface area contributed by atoms with Gasteiger partial charge in [-0.15, -0.1) is 0 Å². The predicted octanol–water partition coefficient (Wildman–Crippen LogP) is 1.27. The van der Waals surface area contributed by atoms with Gasteiger partial charge in [0.15, 0.2) is 5.79 Å². The van der Waals surface area contributed by atoms with Crippen LogP contribution in [0.25, 0.3) is 0 Å². The van der Waals surface area contributed by atoms with Crippen LogP contribution in [0.2, 0.25) is 0 Å². The first-order valence-electron chi connectivity index (χ1n) is 6.72. The molecule has 2 aliphatic heterocycles. The van der Waals surface area contributed by atoms with Gasteiger partial charge in [0.1, 0.15) is 5.82 Å². The number of rotatable bonds is 2. The summed E-state index contributed by atoms with van der Waals surface area (Å²) >= 11 is 0. The Balaban J connectivity index is 1.72. The monoisotopic (exact) mass is 280 g/mol. The van der Waals surface area contributed by atoms with Crippen molar-refractivity contribution < 1.29 is 18.7 Å². The molecule has 0 saturated carbocycles. The molecule has 2 heterocycles. The van der Waals surface area contributed by atoms with Crippen molar-refractivity contribution in [2.24, 2.45) is 5.73 Å². The van der Waals surface area contributed by atoms with Gasteiger partial charge in [-0.25, -0.2) is 4.39 Å². The average molecular weight is 280 g/mol. The molecule has 5 nitrogen and oxygen atoms in total. The first-order chi connectivity index (χ1) is 9.60. The van der Waals surface area contributed by atoms with Gasteiger partial charge < -0.3 is 20.1 Å². The van der Waals surface area contributed by atoms with Crippen molar-refractivity contribution in [2.75, 3.05) is 31.2 Å². The summed E-state index contributed by atoms with van der Waals surface area (Å²) in [4.78, 5) is 13.1. The van der Waals surface area contributed by atoms with E-state index in [0.29, 0.717) is 13.2 Å². The molecule has 108 valence electrons. The van der Waals surface area contributed by atoms with Crippen molar-refractivity contribution in [3.05, 3.63) is 29.6 Å². The van der Waals surface area contributed by atoms with Gasteiger partial charge in [-0.05, 0) is 18.2 Å². The van der Waals surface area contributed by atoms with E-state index in [1.807, 2.05) is 0 Å². The van der Waals surface area contributed by atoms with E-state index in [4.69, 9.17) is 15.2 Å². The Labute approximate surface area is 116 Å². The smallest absolute Gasteiger partial charge is 0.251 e.